The largest absolute Gasteiger partial charge is 0.465 e. The smallest absolute Gasteiger partial charge is 0.321 e. The number of H-pyrrole nitrogens is 1. The van der Waals surface area contributed by atoms with Crippen LogP contribution in [0.15, 0.2) is 23.4 Å². The zero-order valence-electron chi connectivity index (χ0n) is 10.5. The topological polar surface area (TPSA) is 79.5 Å². The molecular formula is C11H18N2O4S. The molecule has 0 aliphatic rings. The second kappa shape index (κ2) is 6.55. The van der Waals surface area contributed by atoms with Gasteiger partial charge >= 0.3 is 5.97 Å². The van der Waals surface area contributed by atoms with Gasteiger partial charge in [-0.2, -0.15) is 4.31 Å². The van der Waals surface area contributed by atoms with Gasteiger partial charge in [0.1, 0.15) is 6.54 Å². The maximum atomic E-state index is 12.2. The summed E-state index contributed by atoms with van der Waals surface area (Å²) in [6.45, 7) is 3.80. The molecule has 0 fully saturated rings. The number of carbonyl (C=O) groups excluding carboxylic acids is 1. The van der Waals surface area contributed by atoms with Crippen molar-refractivity contribution < 1.29 is 17.9 Å². The highest BCUT2D eigenvalue weighted by molar-refractivity contribution is 7.89. The van der Waals surface area contributed by atoms with Gasteiger partial charge in [0.05, 0.1) is 11.5 Å². The number of esters is 1. The van der Waals surface area contributed by atoms with Gasteiger partial charge in [-0.05, 0) is 19.4 Å². The summed E-state index contributed by atoms with van der Waals surface area (Å²) in [5, 5.41) is 0. The Balaban J connectivity index is 2.88. The lowest BCUT2D eigenvalue weighted by molar-refractivity contribution is -0.143. The lowest BCUT2D eigenvalue weighted by Gasteiger charge is -2.19. The molecule has 0 bridgehead atoms. The Morgan fingerprint density at radius 2 is 2.17 bits per heavy atom. The first-order chi connectivity index (χ1) is 8.52. The van der Waals surface area contributed by atoms with Gasteiger partial charge in [-0.1, -0.05) is 6.92 Å². The number of hydrogen-bond acceptors (Lipinski definition) is 4. The van der Waals surface area contributed by atoms with Crippen LogP contribution in [0.4, 0.5) is 0 Å². The number of carbonyl (C=O) groups is 1. The molecule has 0 radical (unpaired) electrons. The third-order valence-corrected chi connectivity index (χ3v) is 4.13. The van der Waals surface area contributed by atoms with Crippen molar-refractivity contribution in [2.75, 3.05) is 19.7 Å². The van der Waals surface area contributed by atoms with Crippen LogP contribution < -0.4 is 0 Å². The van der Waals surface area contributed by atoms with Gasteiger partial charge in [0.15, 0.2) is 0 Å². The van der Waals surface area contributed by atoms with E-state index in [-0.39, 0.29) is 24.6 Å². The van der Waals surface area contributed by atoms with Gasteiger partial charge in [0.25, 0.3) is 0 Å². The van der Waals surface area contributed by atoms with Crippen LogP contribution in [0.1, 0.15) is 20.3 Å². The average molecular weight is 274 g/mol. The first kappa shape index (κ1) is 14.7. The lowest BCUT2D eigenvalue weighted by Crippen LogP contribution is -2.36. The first-order valence-corrected chi connectivity index (χ1v) is 7.25. The van der Waals surface area contributed by atoms with Crippen molar-refractivity contribution in [2.45, 2.75) is 25.2 Å². The number of rotatable bonds is 7. The molecule has 0 spiro atoms. The molecule has 102 valence electrons. The van der Waals surface area contributed by atoms with Crippen LogP contribution in [0.2, 0.25) is 0 Å². The summed E-state index contributed by atoms with van der Waals surface area (Å²) in [6.07, 6.45) is 3.55. The first-order valence-electron chi connectivity index (χ1n) is 5.81. The van der Waals surface area contributed by atoms with E-state index in [2.05, 4.69) is 4.98 Å². The molecule has 0 aliphatic heterocycles. The molecule has 0 aliphatic carbocycles. The van der Waals surface area contributed by atoms with Gasteiger partial charge < -0.3 is 9.72 Å². The second-order valence-corrected chi connectivity index (χ2v) is 5.63. The number of hydrogen-bond donors (Lipinski definition) is 1. The lowest BCUT2D eigenvalue weighted by atomic mass is 10.5. The van der Waals surface area contributed by atoms with Crippen LogP contribution >= 0.6 is 0 Å². The Labute approximate surface area is 107 Å². The molecular weight excluding hydrogens is 256 g/mol. The average Bonchev–Trinajstić information content (AvgIpc) is 2.82. The van der Waals surface area contributed by atoms with Crippen LogP contribution in [-0.2, 0) is 19.6 Å². The van der Waals surface area contributed by atoms with Gasteiger partial charge in [-0.3, -0.25) is 4.79 Å². The van der Waals surface area contributed by atoms with E-state index in [1.165, 1.54) is 18.5 Å². The van der Waals surface area contributed by atoms with E-state index >= 15 is 0 Å². The number of aromatic nitrogens is 1. The number of sulfonamides is 1. The van der Waals surface area contributed by atoms with Crippen molar-refractivity contribution >= 4 is 16.0 Å². The summed E-state index contributed by atoms with van der Waals surface area (Å²) in [7, 11) is -3.63. The minimum absolute atomic E-state index is 0.153. The molecule has 1 aromatic rings. The maximum absolute atomic E-state index is 12.2. The van der Waals surface area contributed by atoms with Crippen LogP contribution in [0.5, 0.6) is 0 Å². The Kier molecular flexibility index (Phi) is 5.36. The van der Waals surface area contributed by atoms with Crippen molar-refractivity contribution in [1.82, 2.24) is 9.29 Å². The molecule has 0 aromatic carbocycles. The molecule has 7 heteroatoms. The van der Waals surface area contributed by atoms with E-state index in [1.54, 1.807) is 6.92 Å². The SMILES string of the molecule is CCCN(CC(=O)OCC)S(=O)(=O)c1cc[nH]c1. The van der Waals surface area contributed by atoms with Gasteiger partial charge in [-0.15, -0.1) is 0 Å². The number of nitrogens with zero attached hydrogens (tertiary/aromatic N) is 1. The highest BCUT2D eigenvalue weighted by Gasteiger charge is 2.26. The summed E-state index contributed by atoms with van der Waals surface area (Å²) in [5.41, 5.74) is 0. The highest BCUT2D eigenvalue weighted by atomic mass is 32.2. The summed E-state index contributed by atoms with van der Waals surface area (Å²) >= 11 is 0. The quantitative estimate of drug-likeness (QED) is 0.752. The normalized spacial score (nSPS) is 11.7. The van der Waals surface area contributed by atoms with E-state index in [4.69, 9.17) is 4.74 Å². The summed E-state index contributed by atoms with van der Waals surface area (Å²) < 4.78 is 30.4. The Morgan fingerprint density at radius 3 is 2.67 bits per heavy atom. The fourth-order valence-corrected chi connectivity index (χ4v) is 2.96. The predicted molar refractivity (Wildman–Crippen MR) is 66.5 cm³/mol. The monoisotopic (exact) mass is 274 g/mol. The van der Waals surface area contributed by atoms with Crippen LogP contribution in [0.25, 0.3) is 0 Å². The summed E-state index contributed by atoms with van der Waals surface area (Å²) in [5.74, 6) is -0.537. The van der Waals surface area contributed by atoms with E-state index in [0.717, 1.165) is 4.31 Å². The molecule has 0 unspecified atom stereocenters. The Hall–Kier alpha value is -1.34. The van der Waals surface area contributed by atoms with Crippen LogP contribution in [-0.4, -0.2) is 43.4 Å². The molecule has 0 amide bonds. The predicted octanol–water partition coefficient (Wildman–Crippen LogP) is 0.978. The number of ether oxygens (including phenoxy) is 1. The van der Waals surface area contributed by atoms with Crippen molar-refractivity contribution in [1.29, 1.82) is 0 Å². The zero-order valence-corrected chi connectivity index (χ0v) is 11.4. The fraction of sp³-hybridized carbons (Fsp3) is 0.545. The van der Waals surface area contributed by atoms with E-state index in [0.29, 0.717) is 6.42 Å². The zero-order chi connectivity index (χ0) is 13.6. The van der Waals surface area contributed by atoms with E-state index in [1.807, 2.05) is 6.92 Å². The van der Waals surface area contributed by atoms with Gasteiger partial charge in [0.2, 0.25) is 10.0 Å². The van der Waals surface area contributed by atoms with Crippen LogP contribution in [0, 0.1) is 0 Å². The van der Waals surface area contributed by atoms with Crippen molar-refractivity contribution in [3.63, 3.8) is 0 Å². The fourth-order valence-electron chi connectivity index (χ4n) is 1.50. The van der Waals surface area contributed by atoms with Crippen molar-refractivity contribution in [2.24, 2.45) is 0 Å². The van der Waals surface area contributed by atoms with Crippen molar-refractivity contribution in [3.05, 3.63) is 18.5 Å². The van der Waals surface area contributed by atoms with Gasteiger partial charge in [0, 0.05) is 18.9 Å². The Morgan fingerprint density at radius 1 is 1.44 bits per heavy atom. The standard InChI is InChI=1S/C11H18N2O4S/c1-3-7-13(9-11(14)17-4-2)18(15,16)10-5-6-12-8-10/h5-6,8,12H,3-4,7,9H2,1-2H3. The number of nitrogens with one attached hydrogen (secondary N) is 1. The van der Waals surface area contributed by atoms with Gasteiger partial charge in [-0.25, -0.2) is 8.42 Å². The van der Waals surface area contributed by atoms with E-state index in [9.17, 15) is 13.2 Å². The molecule has 1 aromatic heterocycles. The molecule has 6 nitrogen and oxygen atoms in total. The maximum Gasteiger partial charge on any atom is 0.321 e. The molecule has 1 rings (SSSR count). The summed E-state index contributed by atoms with van der Waals surface area (Å²) in [6, 6.07) is 1.46. The minimum Gasteiger partial charge on any atom is -0.465 e. The Bertz CT molecular complexity index is 467. The molecule has 0 atom stereocenters. The third kappa shape index (κ3) is 3.58. The van der Waals surface area contributed by atoms with Crippen molar-refractivity contribution in [3.8, 4) is 0 Å². The van der Waals surface area contributed by atoms with E-state index < -0.39 is 16.0 Å². The molecule has 1 N–H and O–H groups in total. The second-order valence-electron chi connectivity index (χ2n) is 3.69. The number of aromatic amines is 1. The molecule has 0 saturated heterocycles. The minimum atomic E-state index is -3.63. The molecule has 18 heavy (non-hydrogen) atoms. The highest BCUT2D eigenvalue weighted by Crippen LogP contribution is 2.15. The third-order valence-electron chi connectivity index (χ3n) is 2.29. The summed E-state index contributed by atoms with van der Waals surface area (Å²) in [4.78, 5) is 14.3. The molecule has 0 saturated carbocycles. The molecule has 1 heterocycles. The van der Waals surface area contributed by atoms with Crippen LogP contribution in [0.3, 0.4) is 0 Å².